The fraction of sp³-hybridized carbons (Fsp3) is 0.333. The number of aromatic nitrogens is 1. The highest BCUT2D eigenvalue weighted by Gasteiger charge is 2.28. The molecular formula is C15H16N2O3. The fourth-order valence-electron chi connectivity index (χ4n) is 2.44. The molecule has 0 spiro atoms. The van der Waals surface area contributed by atoms with E-state index < -0.39 is 0 Å². The highest BCUT2D eigenvalue weighted by Crippen LogP contribution is 2.22. The number of hydrogen-bond acceptors (Lipinski definition) is 4. The third-order valence-corrected chi connectivity index (χ3v) is 3.62. The average Bonchev–Trinajstić information content (AvgIpc) is 3.17. The highest BCUT2D eigenvalue weighted by molar-refractivity contribution is 5.92. The van der Waals surface area contributed by atoms with E-state index in [0.29, 0.717) is 18.8 Å². The first-order valence-corrected chi connectivity index (χ1v) is 6.70. The molecule has 2 aromatic rings. The van der Waals surface area contributed by atoms with Crippen LogP contribution in [0.1, 0.15) is 17.0 Å². The Morgan fingerprint density at radius 2 is 2.20 bits per heavy atom. The van der Waals surface area contributed by atoms with Gasteiger partial charge >= 0.3 is 0 Å². The monoisotopic (exact) mass is 272 g/mol. The van der Waals surface area contributed by atoms with Gasteiger partial charge in [0, 0.05) is 37.2 Å². The molecule has 1 atom stereocenters. The first-order valence-electron chi connectivity index (χ1n) is 6.70. The molecule has 104 valence electrons. The lowest BCUT2D eigenvalue weighted by atomic mass is 10.1. The smallest absolute Gasteiger partial charge is 0.292 e. The second-order valence-electron chi connectivity index (χ2n) is 5.03. The molecule has 0 aliphatic carbocycles. The van der Waals surface area contributed by atoms with E-state index in [1.807, 2.05) is 30.3 Å². The number of benzene rings is 1. The van der Waals surface area contributed by atoms with Crippen LogP contribution in [0.5, 0.6) is 0 Å². The number of carbonyl (C=O) groups is 1. The Kier molecular flexibility index (Phi) is 3.52. The van der Waals surface area contributed by atoms with Crippen LogP contribution >= 0.6 is 0 Å². The lowest BCUT2D eigenvalue weighted by molar-refractivity contribution is 0.0740. The van der Waals surface area contributed by atoms with Gasteiger partial charge in [-0.1, -0.05) is 35.5 Å². The molecule has 5 heteroatoms. The molecule has 0 radical (unpaired) electrons. The van der Waals surface area contributed by atoms with Crippen molar-refractivity contribution in [3.05, 3.63) is 42.2 Å². The van der Waals surface area contributed by atoms with Gasteiger partial charge in [0.05, 0.1) is 0 Å². The molecular weight excluding hydrogens is 256 g/mol. The van der Waals surface area contributed by atoms with Crippen molar-refractivity contribution in [3.63, 3.8) is 0 Å². The van der Waals surface area contributed by atoms with Crippen molar-refractivity contribution in [3.8, 4) is 11.3 Å². The van der Waals surface area contributed by atoms with Gasteiger partial charge in [-0.2, -0.15) is 0 Å². The summed E-state index contributed by atoms with van der Waals surface area (Å²) in [5.74, 6) is 0.272. The molecule has 1 amide bonds. The van der Waals surface area contributed by atoms with Gasteiger partial charge in [-0.05, 0) is 6.42 Å². The van der Waals surface area contributed by atoms with Crippen molar-refractivity contribution in [2.24, 2.45) is 5.92 Å². The Morgan fingerprint density at radius 1 is 1.40 bits per heavy atom. The summed E-state index contributed by atoms with van der Waals surface area (Å²) in [6.45, 7) is 1.36. The van der Waals surface area contributed by atoms with Gasteiger partial charge in [0.15, 0.2) is 0 Å². The second kappa shape index (κ2) is 5.46. The van der Waals surface area contributed by atoms with Crippen molar-refractivity contribution in [2.75, 3.05) is 19.7 Å². The van der Waals surface area contributed by atoms with Crippen LogP contribution in [0.3, 0.4) is 0 Å². The molecule has 1 saturated heterocycles. The van der Waals surface area contributed by atoms with Crippen LogP contribution < -0.4 is 0 Å². The molecule has 1 fully saturated rings. The van der Waals surface area contributed by atoms with Gasteiger partial charge in [-0.15, -0.1) is 0 Å². The maximum absolute atomic E-state index is 12.3. The van der Waals surface area contributed by atoms with Crippen LogP contribution in [0.15, 0.2) is 40.9 Å². The van der Waals surface area contributed by atoms with E-state index in [0.717, 1.165) is 12.0 Å². The number of aliphatic hydroxyl groups is 1. The number of hydrogen-bond donors (Lipinski definition) is 1. The number of carbonyl (C=O) groups excluding carboxylic acids is 1. The van der Waals surface area contributed by atoms with E-state index in [4.69, 9.17) is 9.63 Å². The molecule has 1 aromatic carbocycles. The Morgan fingerprint density at radius 3 is 2.90 bits per heavy atom. The van der Waals surface area contributed by atoms with Crippen LogP contribution in [0, 0.1) is 5.92 Å². The molecule has 20 heavy (non-hydrogen) atoms. The van der Waals surface area contributed by atoms with Crippen LogP contribution in [-0.2, 0) is 0 Å². The maximum Gasteiger partial charge on any atom is 0.292 e. The van der Waals surface area contributed by atoms with Crippen molar-refractivity contribution >= 4 is 5.91 Å². The van der Waals surface area contributed by atoms with Gasteiger partial charge < -0.3 is 14.5 Å². The topological polar surface area (TPSA) is 66.6 Å². The first-order chi connectivity index (χ1) is 9.78. The number of rotatable bonds is 3. The van der Waals surface area contributed by atoms with Crippen molar-refractivity contribution in [1.29, 1.82) is 0 Å². The minimum absolute atomic E-state index is 0.120. The summed E-state index contributed by atoms with van der Waals surface area (Å²) in [7, 11) is 0. The van der Waals surface area contributed by atoms with E-state index in [9.17, 15) is 4.79 Å². The van der Waals surface area contributed by atoms with Gasteiger partial charge in [0.25, 0.3) is 5.91 Å². The summed E-state index contributed by atoms with van der Waals surface area (Å²) in [6, 6.07) is 11.3. The van der Waals surface area contributed by atoms with E-state index >= 15 is 0 Å². The molecule has 3 rings (SSSR count). The fourth-order valence-corrected chi connectivity index (χ4v) is 2.44. The van der Waals surface area contributed by atoms with Gasteiger partial charge in [0.2, 0.25) is 5.76 Å². The molecule has 1 aliphatic rings. The molecule has 5 nitrogen and oxygen atoms in total. The molecule has 2 heterocycles. The largest absolute Gasteiger partial charge is 0.396 e. The summed E-state index contributed by atoms with van der Waals surface area (Å²) < 4.78 is 5.16. The molecule has 0 bridgehead atoms. The second-order valence-corrected chi connectivity index (χ2v) is 5.03. The molecule has 0 saturated carbocycles. The quantitative estimate of drug-likeness (QED) is 0.925. The van der Waals surface area contributed by atoms with Gasteiger partial charge in [-0.3, -0.25) is 4.79 Å². The first kappa shape index (κ1) is 12.9. The van der Waals surface area contributed by atoms with Gasteiger partial charge in [0.1, 0.15) is 5.69 Å². The number of nitrogens with zero attached hydrogens (tertiary/aromatic N) is 2. The number of likely N-dealkylation sites (tertiary alicyclic amines) is 1. The number of amides is 1. The van der Waals surface area contributed by atoms with Gasteiger partial charge in [-0.25, -0.2) is 0 Å². The normalized spacial score (nSPS) is 18.4. The number of aliphatic hydroxyl groups excluding tert-OH is 1. The van der Waals surface area contributed by atoms with E-state index in [2.05, 4.69) is 5.16 Å². The van der Waals surface area contributed by atoms with E-state index in [-0.39, 0.29) is 24.2 Å². The summed E-state index contributed by atoms with van der Waals surface area (Å²) in [4.78, 5) is 14.0. The van der Waals surface area contributed by atoms with Crippen LogP contribution in [0.2, 0.25) is 0 Å². The van der Waals surface area contributed by atoms with Crippen molar-refractivity contribution in [2.45, 2.75) is 6.42 Å². The summed E-state index contributed by atoms with van der Waals surface area (Å²) in [6.07, 6.45) is 0.835. The third kappa shape index (κ3) is 2.44. The zero-order valence-electron chi connectivity index (χ0n) is 11.0. The summed E-state index contributed by atoms with van der Waals surface area (Å²) in [5, 5.41) is 13.1. The van der Waals surface area contributed by atoms with Crippen LogP contribution in [0.4, 0.5) is 0 Å². The Bertz CT molecular complexity index is 594. The minimum Gasteiger partial charge on any atom is -0.396 e. The Labute approximate surface area is 116 Å². The summed E-state index contributed by atoms with van der Waals surface area (Å²) >= 11 is 0. The maximum atomic E-state index is 12.3. The predicted octanol–water partition coefficient (Wildman–Crippen LogP) is 1.80. The van der Waals surface area contributed by atoms with Crippen LogP contribution in [0.25, 0.3) is 11.3 Å². The standard InChI is InChI=1S/C15H16N2O3/c18-10-11-6-7-17(9-11)15(19)14-8-13(16-20-14)12-4-2-1-3-5-12/h1-5,8,11,18H,6-7,9-10H2. The summed E-state index contributed by atoms with van der Waals surface area (Å²) in [5.41, 5.74) is 1.58. The molecule has 1 aromatic heterocycles. The lowest BCUT2D eigenvalue weighted by Crippen LogP contribution is -2.28. The molecule has 1 N–H and O–H groups in total. The molecule has 1 unspecified atom stereocenters. The SMILES string of the molecule is O=C(c1cc(-c2ccccc2)no1)N1CCC(CO)C1. The van der Waals surface area contributed by atoms with Crippen molar-refractivity contribution < 1.29 is 14.4 Å². The zero-order chi connectivity index (χ0) is 13.9. The predicted molar refractivity (Wildman–Crippen MR) is 73.0 cm³/mol. The Balaban J connectivity index is 1.76. The van der Waals surface area contributed by atoms with Crippen molar-refractivity contribution in [1.82, 2.24) is 10.1 Å². The van der Waals surface area contributed by atoms with Crippen LogP contribution in [-0.4, -0.2) is 40.8 Å². The Hall–Kier alpha value is -2.14. The van der Waals surface area contributed by atoms with E-state index in [1.165, 1.54) is 0 Å². The minimum atomic E-state index is -0.157. The highest BCUT2D eigenvalue weighted by atomic mass is 16.5. The third-order valence-electron chi connectivity index (χ3n) is 3.62. The zero-order valence-corrected chi connectivity index (χ0v) is 11.0. The average molecular weight is 272 g/mol. The lowest BCUT2D eigenvalue weighted by Gasteiger charge is -2.13. The van der Waals surface area contributed by atoms with E-state index in [1.54, 1.807) is 11.0 Å². The molecule has 1 aliphatic heterocycles.